The van der Waals surface area contributed by atoms with E-state index in [0.717, 1.165) is 24.2 Å². The largest absolute Gasteiger partial charge is 0.333 e. The Kier molecular flexibility index (Phi) is 3.42. The van der Waals surface area contributed by atoms with E-state index in [1.165, 1.54) is 0 Å². The van der Waals surface area contributed by atoms with Crippen molar-refractivity contribution >= 4 is 0 Å². The van der Waals surface area contributed by atoms with Crippen LogP contribution < -0.4 is 5.56 Å². The highest BCUT2D eigenvalue weighted by Crippen LogP contribution is 2.03. The summed E-state index contributed by atoms with van der Waals surface area (Å²) in [5.41, 5.74) is 2.10. The van der Waals surface area contributed by atoms with Gasteiger partial charge in [0.2, 0.25) is 0 Å². The molecule has 0 radical (unpaired) electrons. The molecule has 0 saturated heterocycles. The standard InChI is InChI=1S/C13H17N3O/c1-3-5-16-10-14-8-12(16)9-15-6-4-11(2)7-13(15)17/h4,6-8,10H,3,5,9H2,1-2H3. The molecule has 4 nitrogen and oxygen atoms in total. The van der Waals surface area contributed by atoms with Crippen LogP contribution in [0.2, 0.25) is 0 Å². The van der Waals surface area contributed by atoms with E-state index in [-0.39, 0.29) is 5.56 Å². The number of rotatable bonds is 4. The smallest absolute Gasteiger partial charge is 0.251 e. The van der Waals surface area contributed by atoms with Gasteiger partial charge in [0.1, 0.15) is 0 Å². The molecule has 0 atom stereocenters. The van der Waals surface area contributed by atoms with Crippen LogP contribution in [0.3, 0.4) is 0 Å². The highest BCUT2D eigenvalue weighted by molar-refractivity contribution is 5.10. The molecule has 0 aromatic carbocycles. The fourth-order valence-electron chi connectivity index (χ4n) is 1.83. The van der Waals surface area contributed by atoms with Gasteiger partial charge in [-0.3, -0.25) is 4.79 Å². The predicted octanol–water partition coefficient (Wildman–Crippen LogP) is 1.81. The Balaban J connectivity index is 2.25. The second-order valence-electron chi connectivity index (χ2n) is 4.25. The van der Waals surface area contributed by atoms with Crippen LogP contribution >= 0.6 is 0 Å². The van der Waals surface area contributed by atoms with Gasteiger partial charge in [0, 0.05) is 25.0 Å². The quantitative estimate of drug-likeness (QED) is 0.805. The van der Waals surface area contributed by atoms with Gasteiger partial charge in [0.25, 0.3) is 5.56 Å². The first-order valence-electron chi connectivity index (χ1n) is 5.87. The van der Waals surface area contributed by atoms with Crippen molar-refractivity contribution in [2.45, 2.75) is 33.4 Å². The zero-order valence-electron chi connectivity index (χ0n) is 10.3. The van der Waals surface area contributed by atoms with Crippen LogP contribution in [0.4, 0.5) is 0 Å². The summed E-state index contributed by atoms with van der Waals surface area (Å²) in [4.78, 5) is 15.9. The number of pyridine rings is 1. The van der Waals surface area contributed by atoms with Crippen molar-refractivity contribution in [1.82, 2.24) is 14.1 Å². The zero-order valence-corrected chi connectivity index (χ0v) is 10.3. The number of nitrogens with zero attached hydrogens (tertiary/aromatic N) is 3. The minimum Gasteiger partial charge on any atom is -0.333 e. The van der Waals surface area contributed by atoms with Crippen molar-refractivity contribution in [2.75, 3.05) is 0 Å². The third kappa shape index (κ3) is 2.64. The lowest BCUT2D eigenvalue weighted by Crippen LogP contribution is -2.20. The maximum absolute atomic E-state index is 11.8. The van der Waals surface area contributed by atoms with Gasteiger partial charge in [-0.05, 0) is 25.0 Å². The topological polar surface area (TPSA) is 39.8 Å². The van der Waals surface area contributed by atoms with Crippen molar-refractivity contribution in [3.05, 3.63) is 52.5 Å². The van der Waals surface area contributed by atoms with Gasteiger partial charge in [-0.1, -0.05) is 6.92 Å². The SMILES string of the molecule is CCCn1cncc1Cn1ccc(C)cc1=O. The Bertz CT molecular complexity index is 554. The van der Waals surface area contributed by atoms with Gasteiger partial charge in [-0.15, -0.1) is 0 Å². The second kappa shape index (κ2) is 4.99. The van der Waals surface area contributed by atoms with Crippen molar-refractivity contribution in [3.63, 3.8) is 0 Å². The van der Waals surface area contributed by atoms with E-state index in [1.54, 1.807) is 10.6 Å². The number of aryl methyl sites for hydroxylation is 2. The van der Waals surface area contributed by atoms with Gasteiger partial charge >= 0.3 is 0 Å². The van der Waals surface area contributed by atoms with E-state index in [9.17, 15) is 4.79 Å². The molecule has 2 aromatic heterocycles. The third-order valence-electron chi connectivity index (χ3n) is 2.75. The summed E-state index contributed by atoms with van der Waals surface area (Å²) < 4.78 is 3.79. The molecule has 90 valence electrons. The average Bonchev–Trinajstić information content (AvgIpc) is 2.71. The molecule has 2 aromatic rings. The van der Waals surface area contributed by atoms with Crippen molar-refractivity contribution in [2.24, 2.45) is 0 Å². The monoisotopic (exact) mass is 231 g/mol. The summed E-state index contributed by atoms with van der Waals surface area (Å²) in [6, 6.07) is 3.60. The Labute approximate surface area is 101 Å². The highest BCUT2D eigenvalue weighted by Gasteiger charge is 2.03. The normalized spacial score (nSPS) is 10.7. The second-order valence-corrected chi connectivity index (χ2v) is 4.25. The van der Waals surface area contributed by atoms with E-state index < -0.39 is 0 Å². The summed E-state index contributed by atoms with van der Waals surface area (Å²) >= 11 is 0. The van der Waals surface area contributed by atoms with E-state index >= 15 is 0 Å². The van der Waals surface area contributed by atoms with Crippen LogP contribution in [0.5, 0.6) is 0 Å². The van der Waals surface area contributed by atoms with Crippen LogP contribution in [0.25, 0.3) is 0 Å². The molecule has 0 saturated carbocycles. The first-order chi connectivity index (χ1) is 8.20. The van der Waals surface area contributed by atoms with Crippen LogP contribution in [-0.2, 0) is 13.1 Å². The molecule has 0 unspecified atom stereocenters. The van der Waals surface area contributed by atoms with Crippen LogP contribution in [0.15, 0.2) is 35.6 Å². The molecule has 0 bridgehead atoms. The molecule has 0 aliphatic rings. The summed E-state index contributed by atoms with van der Waals surface area (Å²) in [7, 11) is 0. The summed E-state index contributed by atoms with van der Waals surface area (Å²) in [6.45, 7) is 5.57. The van der Waals surface area contributed by atoms with Gasteiger partial charge < -0.3 is 9.13 Å². The first-order valence-corrected chi connectivity index (χ1v) is 5.87. The maximum Gasteiger partial charge on any atom is 0.251 e. The Morgan fingerprint density at radius 3 is 2.88 bits per heavy atom. The molecule has 0 spiro atoms. The fraction of sp³-hybridized carbons (Fsp3) is 0.385. The van der Waals surface area contributed by atoms with Gasteiger partial charge in [-0.2, -0.15) is 0 Å². The Morgan fingerprint density at radius 2 is 2.18 bits per heavy atom. The molecular weight excluding hydrogens is 214 g/mol. The minimum atomic E-state index is 0.0363. The van der Waals surface area contributed by atoms with Crippen LogP contribution in [-0.4, -0.2) is 14.1 Å². The molecule has 0 N–H and O–H groups in total. The minimum absolute atomic E-state index is 0.0363. The first kappa shape index (κ1) is 11.6. The fourth-order valence-corrected chi connectivity index (χ4v) is 1.83. The number of hydrogen-bond acceptors (Lipinski definition) is 2. The summed E-state index contributed by atoms with van der Waals surface area (Å²) in [5.74, 6) is 0. The maximum atomic E-state index is 11.8. The number of imidazole rings is 1. The highest BCUT2D eigenvalue weighted by atomic mass is 16.1. The van der Waals surface area contributed by atoms with E-state index in [0.29, 0.717) is 6.54 Å². The lowest BCUT2D eigenvalue weighted by molar-refractivity contribution is 0.617. The molecule has 4 heteroatoms. The van der Waals surface area contributed by atoms with Crippen LogP contribution in [0.1, 0.15) is 24.6 Å². The van der Waals surface area contributed by atoms with Crippen molar-refractivity contribution in [1.29, 1.82) is 0 Å². The van der Waals surface area contributed by atoms with Crippen LogP contribution in [0, 0.1) is 6.92 Å². The average molecular weight is 231 g/mol. The van der Waals surface area contributed by atoms with E-state index in [2.05, 4.69) is 16.5 Å². The predicted molar refractivity (Wildman–Crippen MR) is 67.1 cm³/mol. The lowest BCUT2D eigenvalue weighted by atomic mass is 10.3. The molecule has 17 heavy (non-hydrogen) atoms. The van der Waals surface area contributed by atoms with Gasteiger partial charge in [-0.25, -0.2) is 4.98 Å². The number of hydrogen-bond donors (Lipinski definition) is 0. The van der Waals surface area contributed by atoms with E-state index in [4.69, 9.17) is 0 Å². The molecular formula is C13H17N3O. The molecule has 0 fully saturated rings. The molecule has 2 rings (SSSR count). The summed E-state index contributed by atoms with van der Waals surface area (Å²) in [5, 5.41) is 0. The van der Waals surface area contributed by atoms with E-state index in [1.807, 2.05) is 31.7 Å². The zero-order chi connectivity index (χ0) is 12.3. The van der Waals surface area contributed by atoms with Crippen molar-refractivity contribution < 1.29 is 0 Å². The summed E-state index contributed by atoms with van der Waals surface area (Å²) in [6.07, 6.45) is 6.53. The molecule has 0 aliphatic heterocycles. The molecule has 2 heterocycles. The van der Waals surface area contributed by atoms with Gasteiger partial charge in [0.15, 0.2) is 0 Å². The van der Waals surface area contributed by atoms with Crippen molar-refractivity contribution in [3.8, 4) is 0 Å². The molecule has 0 amide bonds. The number of aromatic nitrogens is 3. The third-order valence-corrected chi connectivity index (χ3v) is 2.75. The Hall–Kier alpha value is -1.84. The lowest BCUT2D eigenvalue weighted by Gasteiger charge is -2.08. The Morgan fingerprint density at radius 1 is 1.35 bits per heavy atom. The molecule has 0 aliphatic carbocycles. The van der Waals surface area contributed by atoms with Gasteiger partial charge in [0.05, 0.1) is 18.6 Å².